The molecule has 1 aromatic carbocycles. The molecule has 134 valence electrons. The summed E-state index contributed by atoms with van der Waals surface area (Å²) in [5, 5.41) is 10.1. The highest BCUT2D eigenvalue weighted by Crippen LogP contribution is 2.59. The quantitative estimate of drug-likeness (QED) is 0.713. The molecule has 2 aromatic rings. The van der Waals surface area contributed by atoms with Gasteiger partial charge in [0, 0.05) is 11.5 Å². The van der Waals surface area contributed by atoms with E-state index >= 15 is 0 Å². The summed E-state index contributed by atoms with van der Waals surface area (Å²) in [6.07, 6.45) is 12.6. The number of hydrogen-bond donors (Lipinski definition) is 1. The third-order valence-corrected chi connectivity index (χ3v) is 6.95. The Morgan fingerprint density at radius 2 is 1.76 bits per heavy atom. The first-order valence-corrected chi connectivity index (χ1v) is 9.83. The Morgan fingerprint density at radius 1 is 1.04 bits per heavy atom. The van der Waals surface area contributed by atoms with Crippen molar-refractivity contribution in [3.63, 3.8) is 0 Å². The summed E-state index contributed by atoms with van der Waals surface area (Å²) in [6, 6.07) is 6.50. The largest absolute Gasteiger partial charge is 0.508 e. The van der Waals surface area contributed by atoms with Gasteiger partial charge >= 0.3 is 0 Å². The molecule has 3 aliphatic carbocycles. The van der Waals surface area contributed by atoms with E-state index in [1.165, 1.54) is 51.0 Å². The van der Waals surface area contributed by atoms with Crippen LogP contribution in [-0.2, 0) is 5.41 Å². The molecule has 1 aromatic heterocycles. The second kappa shape index (κ2) is 6.19. The number of rotatable bonds is 5. The summed E-state index contributed by atoms with van der Waals surface area (Å²) in [5.41, 5.74) is 1.17. The Bertz CT molecular complexity index is 808. The van der Waals surface area contributed by atoms with Crippen LogP contribution < -0.4 is 5.43 Å². The Kier molecular flexibility index (Phi) is 4.13. The summed E-state index contributed by atoms with van der Waals surface area (Å²) >= 11 is 0. The fraction of sp³-hybridized carbons (Fsp3) is 0.591. The molecule has 0 spiro atoms. The Morgan fingerprint density at radius 3 is 2.44 bits per heavy atom. The number of fused-ring (bicyclic) bond motifs is 4. The van der Waals surface area contributed by atoms with Crippen molar-refractivity contribution in [2.75, 3.05) is 0 Å². The van der Waals surface area contributed by atoms with Crippen molar-refractivity contribution in [3.05, 3.63) is 40.2 Å². The van der Waals surface area contributed by atoms with Crippen LogP contribution in [0.3, 0.4) is 0 Å². The molecule has 0 aliphatic heterocycles. The first-order valence-electron chi connectivity index (χ1n) is 9.83. The van der Waals surface area contributed by atoms with Crippen LogP contribution in [0.15, 0.2) is 33.5 Å². The smallest absolute Gasteiger partial charge is 0.193 e. The monoisotopic (exact) mass is 340 g/mol. The molecular weight excluding hydrogens is 312 g/mol. The predicted molar refractivity (Wildman–Crippen MR) is 100 cm³/mol. The highest BCUT2D eigenvalue weighted by atomic mass is 16.3. The molecule has 3 heteroatoms. The second-order valence-corrected chi connectivity index (χ2v) is 8.39. The number of benzene rings is 1. The lowest BCUT2D eigenvalue weighted by Gasteiger charge is -2.53. The van der Waals surface area contributed by atoms with Gasteiger partial charge in [0.25, 0.3) is 0 Å². The van der Waals surface area contributed by atoms with Gasteiger partial charge < -0.3 is 9.52 Å². The van der Waals surface area contributed by atoms with E-state index in [1.54, 1.807) is 18.2 Å². The lowest BCUT2D eigenvalue weighted by Crippen LogP contribution is -2.44. The van der Waals surface area contributed by atoms with Gasteiger partial charge in [0.15, 0.2) is 5.43 Å². The minimum Gasteiger partial charge on any atom is -0.508 e. The molecule has 0 amide bonds. The minimum absolute atomic E-state index is 0.0353. The van der Waals surface area contributed by atoms with Crippen LogP contribution >= 0.6 is 0 Å². The lowest BCUT2D eigenvalue weighted by molar-refractivity contribution is 0.0204. The van der Waals surface area contributed by atoms with Gasteiger partial charge in [-0.3, -0.25) is 4.79 Å². The zero-order chi connectivity index (χ0) is 17.5. The molecule has 0 unspecified atom stereocenters. The van der Waals surface area contributed by atoms with Crippen LogP contribution in [0.5, 0.6) is 5.75 Å². The van der Waals surface area contributed by atoms with Crippen LogP contribution in [0.4, 0.5) is 0 Å². The van der Waals surface area contributed by atoms with Gasteiger partial charge in [0.1, 0.15) is 17.1 Å². The van der Waals surface area contributed by atoms with Crippen molar-refractivity contribution >= 4 is 11.0 Å². The van der Waals surface area contributed by atoms with Gasteiger partial charge in [0.2, 0.25) is 0 Å². The summed E-state index contributed by atoms with van der Waals surface area (Å²) in [5.74, 6) is 0.982. The van der Waals surface area contributed by atoms with E-state index < -0.39 is 0 Å². The van der Waals surface area contributed by atoms with Gasteiger partial charge in [-0.05, 0) is 68.6 Å². The van der Waals surface area contributed by atoms with E-state index in [0.717, 1.165) is 25.0 Å². The zero-order valence-electron chi connectivity index (χ0n) is 15.1. The average molecular weight is 340 g/mol. The zero-order valence-corrected chi connectivity index (χ0v) is 15.1. The Labute approximate surface area is 149 Å². The fourth-order valence-electron chi connectivity index (χ4n) is 5.16. The van der Waals surface area contributed by atoms with Crippen LogP contribution in [0, 0.1) is 5.41 Å². The van der Waals surface area contributed by atoms with Gasteiger partial charge in [0.05, 0.1) is 5.39 Å². The first-order chi connectivity index (χ1) is 12.1. The van der Waals surface area contributed by atoms with Crippen molar-refractivity contribution in [2.24, 2.45) is 5.41 Å². The minimum atomic E-state index is -0.0353. The second-order valence-electron chi connectivity index (χ2n) is 8.39. The average Bonchev–Trinajstić information content (AvgIpc) is 2.64. The maximum Gasteiger partial charge on any atom is 0.193 e. The molecule has 0 radical (unpaired) electrons. The number of aromatic hydroxyl groups is 1. The van der Waals surface area contributed by atoms with Gasteiger partial charge in [-0.15, -0.1) is 0 Å². The third kappa shape index (κ3) is 2.88. The standard InChI is InChI=1S/C22H28O3/c1-2-3-4-7-21-8-11-22(12-9-21,13-10-21)20-15-18(24)17-14-16(23)5-6-19(17)25-20/h5-6,14-15,23H,2-4,7-13H2,1H3. The molecule has 1 heterocycles. The van der Waals surface area contributed by atoms with E-state index in [0.29, 0.717) is 16.4 Å². The van der Waals surface area contributed by atoms with E-state index in [2.05, 4.69) is 6.92 Å². The van der Waals surface area contributed by atoms with E-state index in [-0.39, 0.29) is 16.6 Å². The first kappa shape index (κ1) is 16.7. The molecule has 3 saturated carbocycles. The normalized spacial score (nSPS) is 28.5. The molecule has 3 aliphatic rings. The highest BCUT2D eigenvalue weighted by molar-refractivity contribution is 5.78. The lowest BCUT2D eigenvalue weighted by atomic mass is 9.52. The molecule has 1 N–H and O–H groups in total. The fourth-order valence-corrected chi connectivity index (χ4v) is 5.16. The van der Waals surface area contributed by atoms with Gasteiger partial charge in [-0.1, -0.05) is 26.2 Å². The van der Waals surface area contributed by atoms with Crippen molar-refractivity contribution in [1.82, 2.24) is 0 Å². The summed E-state index contributed by atoms with van der Waals surface area (Å²) < 4.78 is 6.18. The van der Waals surface area contributed by atoms with Crippen LogP contribution in [0.1, 0.15) is 76.9 Å². The summed E-state index contributed by atoms with van der Waals surface area (Å²) in [7, 11) is 0. The highest BCUT2D eigenvalue weighted by Gasteiger charge is 2.50. The molecular formula is C22H28O3. The SMILES string of the molecule is CCCCCC12CCC(c3cc(=O)c4cc(O)ccc4o3)(CC1)CC2. The van der Waals surface area contributed by atoms with E-state index in [4.69, 9.17) is 4.42 Å². The molecule has 25 heavy (non-hydrogen) atoms. The number of hydrogen-bond acceptors (Lipinski definition) is 3. The molecule has 3 fully saturated rings. The van der Waals surface area contributed by atoms with Crippen LogP contribution in [0.25, 0.3) is 11.0 Å². The van der Waals surface area contributed by atoms with Crippen LogP contribution in [0.2, 0.25) is 0 Å². The summed E-state index contributed by atoms with van der Waals surface area (Å²) in [6.45, 7) is 2.27. The molecule has 5 rings (SSSR count). The maximum atomic E-state index is 12.5. The van der Waals surface area contributed by atoms with Gasteiger partial charge in [-0.2, -0.15) is 0 Å². The molecule has 0 saturated heterocycles. The van der Waals surface area contributed by atoms with Crippen LogP contribution in [-0.4, -0.2) is 5.11 Å². The van der Waals surface area contributed by atoms with Crippen molar-refractivity contribution in [3.8, 4) is 5.75 Å². The Hall–Kier alpha value is -1.77. The van der Waals surface area contributed by atoms with Crippen molar-refractivity contribution < 1.29 is 9.52 Å². The summed E-state index contributed by atoms with van der Waals surface area (Å²) in [4.78, 5) is 12.5. The third-order valence-electron chi connectivity index (χ3n) is 6.95. The van der Waals surface area contributed by atoms with E-state index in [9.17, 15) is 9.90 Å². The van der Waals surface area contributed by atoms with Crippen molar-refractivity contribution in [1.29, 1.82) is 0 Å². The Balaban J connectivity index is 1.61. The number of phenols is 1. The molecule has 3 nitrogen and oxygen atoms in total. The topological polar surface area (TPSA) is 50.4 Å². The van der Waals surface area contributed by atoms with Crippen molar-refractivity contribution in [2.45, 2.75) is 76.5 Å². The van der Waals surface area contributed by atoms with Gasteiger partial charge in [-0.25, -0.2) is 0 Å². The predicted octanol–water partition coefficient (Wildman–Crippen LogP) is 5.67. The number of phenolic OH excluding ortho intramolecular Hbond substituents is 1. The van der Waals surface area contributed by atoms with E-state index in [1.807, 2.05) is 0 Å². The molecule has 0 atom stereocenters. The molecule has 2 bridgehead atoms. The maximum absolute atomic E-state index is 12.5. The number of unbranched alkanes of at least 4 members (excludes halogenated alkanes) is 2.